The molecule has 1 aromatic carbocycles. The molecular weight excluding hydrogens is 246 g/mol. The van der Waals surface area contributed by atoms with Gasteiger partial charge >= 0.3 is 0 Å². The van der Waals surface area contributed by atoms with Crippen LogP contribution in [0.4, 0.5) is 0 Å². The Hall–Kier alpha value is -1.61. The molecule has 0 atom stereocenters. The van der Waals surface area contributed by atoms with Gasteiger partial charge in [-0.05, 0) is 49.6 Å². The number of benzene rings is 1. The van der Waals surface area contributed by atoms with E-state index < -0.39 is 0 Å². The number of hydrogen-bond acceptors (Lipinski definition) is 2. The second kappa shape index (κ2) is 6.23. The molecule has 0 aliphatic heterocycles. The fourth-order valence-electron chi connectivity index (χ4n) is 2.84. The molecule has 3 nitrogen and oxygen atoms in total. The lowest BCUT2D eigenvalue weighted by molar-refractivity contribution is 0.705. The molecule has 0 amide bonds. The van der Waals surface area contributed by atoms with Crippen LogP contribution < -0.4 is 5.32 Å². The molecule has 0 unspecified atom stereocenters. The lowest BCUT2D eigenvalue weighted by Gasteiger charge is -2.11. The quantitative estimate of drug-likeness (QED) is 0.904. The van der Waals surface area contributed by atoms with Gasteiger partial charge in [-0.1, -0.05) is 26.0 Å². The SMILES string of the molecule is CCc1nn(C)c(CC)c1-c1cc(CNC)ccc1C. The van der Waals surface area contributed by atoms with Gasteiger partial charge in [-0.3, -0.25) is 4.68 Å². The van der Waals surface area contributed by atoms with E-state index in [0.717, 1.165) is 19.4 Å². The minimum absolute atomic E-state index is 0.899. The molecule has 20 heavy (non-hydrogen) atoms. The minimum atomic E-state index is 0.899. The average Bonchev–Trinajstić information content (AvgIpc) is 2.77. The molecule has 1 N–H and O–H groups in total. The van der Waals surface area contributed by atoms with E-state index >= 15 is 0 Å². The number of aryl methyl sites for hydroxylation is 3. The molecule has 0 bridgehead atoms. The van der Waals surface area contributed by atoms with Crippen molar-refractivity contribution in [1.82, 2.24) is 15.1 Å². The molecule has 2 rings (SSSR count). The molecule has 0 radical (unpaired) electrons. The Bertz CT molecular complexity index is 597. The van der Waals surface area contributed by atoms with Crippen LogP contribution in [0.5, 0.6) is 0 Å². The van der Waals surface area contributed by atoms with Gasteiger partial charge in [-0.2, -0.15) is 5.10 Å². The van der Waals surface area contributed by atoms with Crippen LogP contribution in [-0.4, -0.2) is 16.8 Å². The van der Waals surface area contributed by atoms with Crippen molar-refractivity contribution in [2.45, 2.75) is 40.2 Å². The Morgan fingerprint density at radius 2 is 1.95 bits per heavy atom. The maximum absolute atomic E-state index is 4.69. The van der Waals surface area contributed by atoms with Crippen LogP contribution in [0.2, 0.25) is 0 Å². The maximum Gasteiger partial charge on any atom is 0.0703 e. The summed E-state index contributed by atoms with van der Waals surface area (Å²) in [5.41, 5.74) is 7.84. The summed E-state index contributed by atoms with van der Waals surface area (Å²) < 4.78 is 2.04. The Balaban J connectivity index is 2.63. The van der Waals surface area contributed by atoms with Crippen LogP contribution in [0, 0.1) is 6.92 Å². The summed E-state index contributed by atoms with van der Waals surface area (Å²) in [5, 5.41) is 7.92. The molecule has 3 heteroatoms. The van der Waals surface area contributed by atoms with Gasteiger partial charge in [-0.15, -0.1) is 0 Å². The summed E-state index contributed by atoms with van der Waals surface area (Å²) in [6, 6.07) is 6.72. The number of nitrogens with one attached hydrogen (secondary N) is 1. The largest absolute Gasteiger partial charge is 0.316 e. The van der Waals surface area contributed by atoms with E-state index in [9.17, 15) is 0 Å². The minimum Gasteiger partial charge on any atom is -0.316 e. The number of aromatic nitrogens is 2. The average molecular weight is 271 g/mol. The number of hydrogen-bond donors (Lipinski definition) is 1. The first kappa shape index (κ1) is 14.8. The lowest BCUT2D eigenvalue weighted by Crippen LogP contribution is -2.05. The highest BCUT2D eigenvalue weighted by Gasteiger charge is 2.17. The van der Waals surface area contributed by atoms with Crippen LogP contribution in [-0.2, 0) is 26.4 Å². The topological polar surface area (TPSA) is 29.9 Å². The van der Waals surface area contributed by atoms with Crippen molar-refractivity contribution in [2.24, 2.45) is 7.05 Å². The molecule has 0 fully saturated rings. The zero-order valence-corrected chi connectivity index (χ0v) is 13.2. The van der Waals surface area contributed by atoms with Crippen molar-refractivity contribution in [3.05, 3.63) is 40.7 Å². The van der Waals surface area contributed by atoms with Crippen molar-refractivity contribution < 1.29 is 0 Å². The first-order chi connectivity index (χ1) is 9.62. The van der Waals surface area contributed by atoms with Gasteiger partial charge in [0.1, 0.15) is 0 Å². The van der Waals surface area contributed by atoms with Gasteiger partial charge in [0, 0.05) is 24.8 Å². The highest BCUT2D eigenvalue weighted by molar-refractivity contribution is 5.72. The molecule has 0 aliphatic carbocycles. The molecule has 1 heterocycles. The van der Waals surface area contributed by atoms with Crippen LogP contribution in [0.3, 0.4) is 0 Å². The summed E-state index contributed by atoms with van der Waals surface area (Å²) in [7, 11) is 4.03. The molecular formula is C17H25N3. The number of rotatable bonds is 5. The summed E-state index contributed by atoms with van der Waals surface area (Å²) in [6.45, 7) is 7.46. The van der Waals surface area contributed by atoms with Gasteiger partial charge in [-0.25, -0.2) is 0 Å². The summed E-state index contributed by atoms with van der Waals surface area (Å²) >= 11 is 0. The van der Waals surface area contributed by atoms with E-state index in [1.165, 1.54) is 33.6 Å². The van der Waals surface area contributed by atoms with E-state index in [4.69, 9.17) is 5.10 Å². The molecule has 0 spiro atoms. The van der Waals surface area contributed by atoms with E-state index in [2.05, 4.69) is 44.3 Å². The predicted molar refractivity (Wildman–Crippen MR) is 84.9 cm³/mol. The van der Waals surface area contributed by atoms with Crippen molar-refractivity contribution in [2.75, 3.05) is 7.05 Å². The monoisotopic (exact) mass is 271 g/mol. The highest BCUT2D eigenvalue weighted by atomic mass is 15.3. The zero-order chi connectivity index (χ0) is 14.7. The predicted octanol–water partition coefficient (Wildman–Crippen LogP) is 3.24. The second-order valence-corrected chi connectivity index (χ2v) is 5.28. The van der Waals surface area contributed by atoms with Crippen molar-refractivity contribution >= 4 is 0 Å². The third kappa shape index (κ3) is 2.63. The van der Waals surface area contributed by atoms with Gasteiger partial charge in [0.05, 0.1) is 5.69 Å². The summed E-state index contributed by atoms with van der Waals surface area (Å²) in [5.74, 6) is 0. The van der Waals surface area contributed by atoms with E-state index in [1.54, 1.807) is 0 Å². The van der Waals surface area contributed by atoms with Gasteiger partial charge in [0.25, 0.3) is 0 Å². The fraction of sp³-hybridized carbons (Fsp3) is 0.471. The molecule has 0 aliphatic rings. The lowest BCUT2D eigenvalue weighted by atomic mass is 9.94. The smallest absolute Gasteiger partial charge is 0.0703 e. The van der Waals surface area contributed by atoms with E-state index in [-0.39, 0.29) is 0 Å². The van der Waals surface area contributed by atoms with Crippen LogP contribution >= 0.6 is 0 Å². The van der Waals surface area contributed by atoms with E-state index in [0.29, 0.717) is 0 Å². The van der Waals surface area contributed by atoms with Gasteiger partial charge < -0.3 is 5.32 Å². The summed E-state index contributed by atoms with van der Waals surface area (Å²) in [4.78, 5) is 0. The van der Waals surface area contributed by atoms with Gasteiger partial charge in [0.2, 0.25) is 0 Å². The Kier molecular flexibility index (Phi) is 4.61. The zero-order valence-electron chi connectivity index (χ0n) is 13.2. The van der Waals surface area contributed by atoms with Crippen molar-refractivity contribution in [3.8, 4) is 11.1 Å². The van der Waals surface area contributed by atoms with E-state index in [1.807, 2.05) is 18.8 Å². The van der Waals surface area contributed by atoms with Gasteiger partial charge in [0.15, 0.2) is 0 Å². The first-order valence-electron chi connectivity index (χ1n) is 7.41. The van der Waals surface area contributed by atoms with Crippen molar-refractivity contribution in [1.29, 1.82) is 0 Å². The normalized spacial score (nSPS) is 11.1. The molecule has 2 aromatic rings. The highest BCUT2D eigenvalue weighted by Crippen LogP contribution is 2.31. The third-order valence-corrected chi connectivity index (χ3v) is 3.86. The Morgan fingerprint density at radius 1 is 1.20 bits per heavy atom. The molecule has 108 valence electrons. The molecule has 1 aromatic heterocycles. The second-order valence-electron chi connectivity index (χ2n) is 5.28. The molecule has 0 saturated carbocycles. The fourth-order valence-corrected chi connectivity index (χ4v) is 2.84. The Labute approximate surface area is 122 Å². The molecule has 0 saturated heterocycles. The van der Waals surface area contributed by atoms with Crippen LogP contribution in [0.1, 0.15) is 36.4 Å². The standard InChI is InChI=1S/C17H25N3/c1-6-15-17(16(7-2)20(5)19-15)14-10-13(11-18-4)9-8-12(14)3/h8-10,18H,6-7,11H2,1-5H3. The summed E-state index contributed by atoms with van der Waals surface area (Å²) in [6.07, 6.45) is 1.98. The van der Waals surface area contributed by atoms with Crippen LogP contribution in [0.15, 0.2) is 18.2 Å². The van der Waals surface area contributed by atoms with Crippen molar-refractivity contribution in [3.63, 3.8) is 0 Å². The maximum atomic E-state index is 4.69. The Morgan fingerprint density at radius 3 is 2.55 bits per heavy atom. The first-order valence-corrected chi connectivity index (χ1v) is 7.41. The number of nitrogens with zero attached hydrogens (tertiary/aromatic N) is 2. The third-order valence-electron chi connectivity index (χ3n) is 3.86. The van der Waals surface area contributed by atoms with Crippen LogP contribution in [0.25, 0.3) is 11.1 Å².